The fraction of sp³-hybridized carbons (Fsp3) is 0.500. The predicted octanol–water partition coefficient (Wildman–Crippen LogP) is 2.64. The lowest BCUT2D eigenvalue weighted by molar-refractivity contribution is -0.140. The van der Waals surface area contributed by atoms with Gasteiger partial charge in [0, 0.05) is 5.41 Å². The third-order valence-electron chi connectivity index (χ3n) is 7.05. The average molecular weight is 373 g/mol. The van der Waals surface area contributed by atoms with Gasteiger partial charge in [-0.05, 0) is 42.2 Å². The fourth-order valence-corrected chi connectivity index (χ4v) is 7.99. The highest BCUT2D eigenvalue weighted by molar-refractivity contribution is 7.90. The minimum absolute atomic E-state index is 0.0183. The van der Waals surface area contributed by atoms with Crippen LogP contribution in [-0.4, -0.2) is 36.2 Å². The molecule has 1 spiro atoms. The second-order valence-corrected chi connectivity index (χ2v) is 10.2. The molecule has 3 aliphatic rings. The lowest BCUT2D eigenvalue weighted by atomic mass is 9.69. The second kappa shape index (κ2) is 5.52. The molecular formula is C20H23NO4S. The summed E-state index contributed by atoms with van der Waals surface area (Å²) in [7, 11) is -3.76. The topological polar surface area (TPSA) is 71.5 Å². The SMILES string of the molecule is CC1(C)[C@@H]2CC[C@]13CS(=O)(=O)N(C(=O)C(=O)/C=C/c1ccccc1)[C@@H]3C2. The van der Waals surface area contributed by atoms with Crippen LogP contribution >= 0.6 is 0 Å². The molecule has 0 radical (unpaired) electrons. The predicted molar refractivity (Wildman–Crippen MR) is 98.5 cm³/mol. The molecule has 4 rings (SSSR count). The molecule has 1 aromatic carbocycles. The number of sulfonamides is 1. The Kier molecular flexibility index (Phi) is 3.71. The first-order valence-corrected chi connectivity index (χ1v) is 10.6. The summed E-state index contributed by atoms with van der Waals surface area (Å²) in [6, 6.07) is 8.78. The molecule has 3 atom stereocenters. The highest BCUT2D eigenvalue weighted by Crippen LogP contribution is 2.69. The van der Waals surface area contributed by atoms with Gasteiger partial charge in [0.2, 0.25) is 15.8 Å². The molecule has 2 bridgehead atoms. The van der Waals surface area contributed by atoms with E-state index in [9.17, 15) is 18.0 Å². The standard InChI is InChI=1S/C20H23NO4S/c1-19(2)15-10-11-20(19)13-26(24,25)21(17(20)12-15)18(23)16(22)9-8-14-6-4-3-5-7-14/h3-9,15,17H,10-13H2,1-2H3/b9-8+/t15-,17-,20-/m1/s1. The molecule has 5 nitrogen and oxygen atoms in total. The molecule has 6 heteroatoms. The van der Waals surface area contributed by atoms with Gasteiger partial charge in [-0.3, -0.25) is 9.59 Å². The van der Waals surface area contributed by atoms with E-state index in [-0.39, 0.29) is 17.2 Å². The van der Waals surface area contributed by atoms with Gasteiger partial charge in [0.1, 0.15) is 0 Å². The molecule has 1 saturated heterocycles. The normalized spacial score (nSPS) is 33.5. The van der Waals surface area contributed by atoms with Crippen molar-refractivity contribution in [2.75, 3.05) is 5.75 Å². The number of rotatable bonds is 3. The number of nitrogens with zero attached hydrogens (tertiary/aromatic N) is 1. The zero-order valence-corrected chi connectivity index (χ0v) is 15.8. The molecule has 1 amide bonds. The minimum Gasteiger partial charge on any atom is -0.284 e. The first-order chi connectivity index (χ1) is 12.2. The Morgan fingerprint density at radius 2 is 1.88 bits per heavy atom. The van der Waals surface area contributed by atoms with E-state index < -0.39 is 27.1 Å². The Labute approximate surface area is 154 Å². The van der Waals surface area contributed by atoms with Gasteiger partial charge in [-0.1, -0.05) is 50.3 Å². The van der Waals surface area contributed by atoms with Crippen molar-refractivity contribution >= 4 is 27.8 Å². The van der Waals surface area contributed by atoms with Crippen molar-refractivity contribution in [1.82, 2.24) is 4.31 Å². The van der Waals surface area contributed by atoms with Crippen LogP contribution < -0.4 is 0 Å². The smallest absolute Gasteiger partial charge is 0.284 e. The number of fused-ring (bicyclic) bond motifs is 1. The Hall–Kier alpha value is -1.95. The second-order valence-electron chi connectivity index (χ2n) is 8.33. The highest BCUT2D eigenvalue weighted by atomic mass is 32.2. The Morgan fingerprint density at radius 1 is 1.19 bits per heavy atom. The van der Waals surface area contributed by atoms with E-state index in [0.29, 0.717) is 12.3 Å². The van der Waals surface area contributed by atoms with Crippen LogP contribution in [0.3, 0.4) is 0 Å². The van der Waals surface area contributed by atoms with Crippen LogP contribution in [0.25, 0.3) is 6.08 Å². The van der Waals surface area contributed by atoms with E-state index in [1.807, 2.05) is 30.3 Å². The van der Waals surface area contributed by atoms with Gasteiger partial charge in [0.05, 0.1) is 11.8 Å². The van der Waals surface area contributed by atoms with Crippen LogP contribution in [0, 0.1) is 16.7 Å². The molecule has 2 saturated carbocycles. The lowest BCUT2D eigenvalue weighted by Crippen LogP contribution is -2.46. The summed E-state index contributed by atoms with van der Waals surface area (Å²) in [5.41, 5.74) is 0.258. The first kappa shape index (κ1) is 17.5. The van der Waals surface area contributed by atoms with Crippen LogP contribution in [-0.2, 0) is 19.6 Å². The molecular weight excluding hydrogens is 350 g/mol. The van der Waals surface area contributed by atoms with Gasteiger partial charge < -0.3 is 0 Å². The van der Waals surface area contributed by atoms with Crippen molar-refractivity contribution in [2.24, 2.45) is 16.7 Å². The number of hydrogen-bond donors (Lipinski definition) is 0. The van der Waals surface area contributed by atoms with Crippen LogP contribution in [0.2, 0.25) is 0 Å². The Bertz CT molecular complexity index is 903. The van der Waals surface area contributed by atoms with Crippen molar-refractivity contribution in [2.45, 2.75) is 39.2 Å². The first-order valence-electron chi connectivity index (χ1n) is 9.03. The summed E-state index contributed by atoms with van der Waals surface area (Å²) in [5.74, 6) is -1.30. The number of hydrogen-bond acceptors (Lipinski definition) is 4. The van der Waals surface area contributed by atoms with Crippen molar-refractivity contribution in [1.29, 1.82) is 0 Å². The number of amides is 1. The van der Waals surface area contributed by atoms with E-state index in [0.717, 1.165) is 22.7 Å². The van der Waals surface area contributed by atoms with Crippen molar-refractivity contribution in [3.63, 3.8) is 0 Å². The quantitative estimate of drug-likeness (QED) is 0.603. The summed E-state index contributed by atoms with van der Waals surface area (Å²) < 4.78 is 26.5. The van der Waals surface area contributed by atoms with Crippen molar-refractivity contribution < 1.29 is 18.0 Å². The van der Waals surface area contributed by atoms with Crippen LogP contribution in [0.1, 0.15) is 38.7 Å². The van der Waals surface area contributed by atoms with Crippen LogP contribution in [0.4, 0.5) is 0 Å². The van der Waals surface area contributed by atoms with Crippen molar-refractivity contribution in [3.05, 3.63) is 42.0 Å². The van der Waals surface area contributed by atoms with Gasteiger partial charge in [0.25, 0.3) is 0 Å². The minimum atomic E-state index is -3.76. The van der Waals surface area contributed by atoms with E-state index >= 15 is 0 Å². The maximum Gasteiger partial charge on any atom is 0.308 e. The average Bonchev–Trinajstić information content (AvgIpc) is 3.07. The molecule has 0 N–H and O–H groups in total. The highest BCUT2D eigenvalue weighted by Gasteiger charge is 2.72. The largest absolute Gasteiger partial charge is 0.308 e. The zero-order valence-electron chi connectivity index (χ0n) is 15.0. The maximum absolute atomic E-state index is 12.8. The molecule has 138 valence electrons. The monoisotopic (exact) mass is 373 g/mol. The van der Waals surface area contributed by atoms with E-state index in [4.69, 9.17) is 0 Å². The Balaban J connectivity index is 1.62. The molecule has 2 aliphatic carbocycles. The third-order valence-corrected chi connectivity index (χ3v) is 8.95. The van der Waals surface area contributed by atoms with Crippen LogP contribution in [0.15, 0.2) is 36.4 Å². The molecule has 0 aromatic heterocycles. The molecule has 0 unspecified atom stereocenters. The van der Waals surface area contributed by atoms with Gasteiger partial charge in [-0.2, -0.15) is 0 Å². The number of benzene rings is 1. The summed E-state index contributed by atoms with van der Waals surface area (Å²) >= 11 is 0. The molecule has 1 aliphatic heterocycles. The Morgan fingerprint density at radius 3 is 2.54 bits per heavy atom. The van der Waals surface area contributed by atoms with Gasteiger partial charge >= 0.3 is 5.91 Å². The van der Waals surface area contributed by atoms with E-state index in [1.165, 1.54) is 6.08 Å². The summed E-state index contributed by atoms with van der Waals surface area (Å²) in [6.45, 7) is 4.23. The number of ketones is 1. The fourth-order valence-electron chi connectivity index (χ4n) is 5.47. The van der Waals surface area contributed by atoms with E-state index in [1.54, 1.807) is 6.08 Å². The van der Waals surface area contributed by atoms with Crippen LogP contribution in [0.5, 0.6) is 0 Å². The molecule has 1 heterocycles. The molecule has 1 aromatic rings. The van der Waals surface area contributed by atoms with Gasteiger partial charge in [-0.15, -0.1) is 0 Å². The van der Waals surface area contributed by atoms with Gasteiger partial charge in [-0.25, -0.2) is 12.7 Å². The van der Waals surface area contributed by atoms with Gasteiger partial charge in [0.15, 0.2) is 0 Å². The zero-order chi connectivity index (χ0) is 18.7. The molecule has 3 fully saturated rings. The summed E-state index contributed by atoms with van der Waals surface area (Å²) in [5, 5.41) is 0. The number of carbonyl (C=O) groups is 2. The maximum atomic E-state index is 12.8. The molecule has 26 heavy (non-hydrogen) atoms. The van der Waals surface area contributed by atoms with E-state index in [2.05, 4.69) is 13.8 Å². The summed E-state index contributed by atoms with van der Waals surface area (Å²) in [4.78, 5) is 25.2. The number of carbonyl (C=O) groups excluding carboxylic acids is 2. The third kappa shape index (κ3) is 2.24. The lowest BCUT2D eigenvalue weighted by Gasteiger charge is -2.36. The summed E-state index contributed by atoms with van der Waals surface area (Å²) in [6.07, 6.45) is 5.21. The van der Waals surface area contributed by atoms with Crippen molar-refractivity contribution in [3.8, 4) is 0 Å².